The number of tetrazole rings is 1. The average Bonchev–Trinajstić information content (AvgIpc) is 3.17. The molecule has 6 heteroatoms. The second-order valence-corrected chi connectivity index (χ2v) is 6.86. The highest BCUT2D eigenvalue weighted by molar-refractivity contribution is 5.31. The van der Waals surface area contributed by atoms with Crippen molar-refractivity contribution in [3.05, 3.63) is 41.0 Å². The maximum absolute atomic E-state index is 14.4. The first kappa shape index (κ1) is 15.1. The molecule has 1 heterocycles. The van der Waals surface area contributed by atoms with Crippen LogP contribution < -0.4 is 5.32 Å². The molecule has 1 aliphatic rings. The van der Waals surface area contributed by atoms with Crippen molar-refractivity contribution in [2.24, 2.45) is 0 Å². The fourth-order valence-electron chi connectivity index (χ4n) is 2.35. The molecule has 0 amide bonds. The van der Waals surface area contributed by atoms with Crippen molar-refractivity contribution < 1.29 is 4.39 Å². The molecular weight excluding hydrogens is 281 g/mol. The van der Waals surface area contributed by atoms with E-state index in [1.54, 1.807) is 4.80 Å². The van der Waals surface area contributed by atoms with Gasteiger partial charge in [-0.3, -0.25) is 0 Å². The predicted octanol–water partition coefficient (Wildman–Crippen LogP) is 2.73. The van der Waals surface area contributed by atoms with E-state index in [9.17, 15) is 4.39 Å². The van der Waals surface area contributed by atoms with Crippen LogP contribution >= 0.6 is 0 Å². The Hall–Kier alpha value is -1.82. The van der Waals surface area contributed by atoms with E-state index in [1.165, 1.54) is 0 Å². The summed E-state index contributed by atoms with van der Waals surface area (Å²) < 4.78 is 14.4. The average molecular weight is 303 g/mol. The van der Waals surface area contributed by atoms with E-state index in [2.05, 4.69) is 20.7 Å². The van der Waals surface area contributed by atoms with Gasteiger partial charge in [0.25, 0.3) is 0 Å². The third-order valence-electron chi connectivity index (χ3n) is 3.78. The normalized spacial score (nSPS) is 15.3. The van der Waals surface area contributed by atoms with Crippen LogP contribution in [0, 0.1) is 5.82 Å². The Morgan fingerprint density at radius 1 is 1.27 bits per heavy atom. The zero-order chi connectivity index (χ0) is 15.7. The Balaban J connectivity index is 1.59. The maximum Gasteiger partial charge on any atom is 0.188 e. The molecule has 1 saturated carbocycles. The van der Waals surface area contributed by atoms with Gasteiger partial charge in [0.05, 0.1) is 12.1 Å². The van der Waals surface area contributed by atoms with Crippen molar-refractivity contribution in [3.63, 3.8) is 0 Å². The Morgan fingerprint density at radius 3 is 2.68 bits per heavy atom. The molecule has 0 saturated heterocycles. The van der Waals surface area contributed by atoms with E-state index in [0.717, 1.165) is 18.4 Å². The van der Waals surface area contributed by atoms with Gasteiger partial charge in [0, 0.05) is 12.1 Å². The van der Waals surface area contributed by atoms with E-state index in [0.29, 0.717) is 30.4 Å². The molecule has 118 valence electrons. The van der Waals surface area contributed by atoms with Gasteiger partial charge in [0.1, 0.15) is 5.82 Å². The summed E-state index contributed by atoms with van der Waals surface area (Å²) in [6.07, 6.45) is 2.21. The lowest BCUT2D eigenvalue weighted by Gasteiger charge is -2.15. The van der Waals surface area contributed by atoms with Crippen LogP contribution in [-0.2, 0) is 18.6 Å². The number of aromatic nitrogens is 4. The summed E-state index contributed by atoms with van der Waals surface area (Å²) in [6.45, 7) is 7.00. The van der Waals surface area contributed by atoms with E-state index in [4.69, 9.17) is 0 Å². The largest absolute Gasteiger partial charge is 0.305 e. The minimum atomic E-state index is -0.185. The highest BCUT2D eigenvalue weighted by atomic mass is 19.1. The molecule has 3 rings (SSSR count). The molecule has 1 aliphatic carbocycles. The van der Waals surface area contributed by atoms with Crippen LogP contribution in [0.25, 0.3) is 0 Å². The smallest absolute Gasteiger partial charge is 0.188 e. The second kappa shape index (κ2) is 5.76. The number of nitrogens with one attached hydrogen (secondary N) is 1. The third-order valence-corrected chi connectivity index (χ3v) is 3.78. The summed E-state index contributed by atoms with van der Waals surface area (Å²) in [5.41, 5.74) is 1.37. The summed E-state index contributed by atoms with van der Waals surface area (Å²) in [5.74, 6) is 0.978. The number of rotatable bonds is 5. The zero-order valence-electron chi connectivity index (χ0n) is 13.3. The molecule has 0 bridgehead atoms. The van der Waals surface area contributed by atoms with Crippen LogP contribution in [-0.4, -0.2) is 20.2 Å². The van der Waals surface area contributed by atoms with Crippen molar-refractivity contribution in [1.82, 2.24) is 25.5 Å². The van der Waals surface area contributed by atoms with Crippen molar-refractivity contribution in [1.29, 1.82) is 0 Å². The minimum absolute atomic E-state index is 0.0659. The molecule has 0 spiro atoms. The standard InChI is InChI=1S/C16H22FN5/c1-16(2,3)22-20-14(19-21-22)10-18-9-12-5-4-6-13(15(12)17)11-7-8-11/h4-6,11,18H,7-10H2,1-3H3. The molecular formula is C16H22FN5. The zero-order valence-corrected chi connectivity index (χ0v) is 13.3. The predicted molar refractivity (Wildman–Crippen MR) is 81.7 cm³/mol. The Labute approximate surface area is 129 Å². The fourth-order valence-corrected chi connectivity index (χ4v) is 2.35. The molecule has 5 nitrogen and oxygen atoms in total. The molecule has 0 unspecified atom stereocenters. The van der Waals surface area contributed by atoms with E-state index < -0.39 is 0 Å². The van der Waals surface area contributed by atoms with Crippen LogP contribution in [0.15, 0.2) is 18.2 Å². The Morgan fingerprint density at radius 2 is 2.05 bits per heavy atom. The first-order chi connectivity index (χ1) is 10.4. The first-order valence-electron chi connectivity index (χ1n) is 7.72. The van der Waals surface area contributed by atoms with Crippen molar-refractivity contribution >= 4 is 0 Å². The van der Waals surface area contributed by atoms with Gasteiger partial charge in [-0.25, -0.2) is 4.39 Å². The van der Waals surface area contributed by atoms with Gasteiger partial charge in [-0.1, -0.05) is 18.2 Å². The van der Waals surface area contributed by atoms with Crippen molar-refractivity contribution in [3.8, 4) is 0 Å². The monoisotopic (exact) mass is 303 g/mol. The maximum atomic E-state index is 14.4. The molecule has 0 aliphatic heterocycles. The second-order valence-electron chi connectivity index (χ2n) is 6.86. The van der Waals surface area contributed by atoms with Gasteiger partial charge in [-0.05, 0) is 50.3 Å². The summed E-state index contributed by atoms with van der Waals surface area (Å²) >= 11 is 0. The molecule has 1 N–H and O–H groups in total. The highest BCUT2D eigenvalue weighted by Gasteiger charge is 2.27. The molecule has 0 atom stereocenters. The Kier molecular flexibility index (Phi) is 3.95. The van der Waals surface area contributed by atoms with Gasteiger partial charge < -0.3 is 5.32 Å². The number of benzene rings is 1. The summed E-state index contributed by atoms with van der Waals surface area (Å²) in [5, 5.41) is 15.6. The number of hydrogen-bond acceptors (Lipinski definition) is 4. The van der Waals surface area contributed by atoms with E-state index in [-0.39, 0.29) is 11.4 Å². The van der Waals surface area contributed by atoms with E-state index in [1.807, 2.05) is 39.0 Å². The van der Waals surface area contributed by atoms with Gasteiger partial charge in [-0.15, -0.1) is 10.2 Å². The minimum Gasteiger partial charge on any atom is -0.305 e. The van der Waals surface area contributed by atoms with Crippen LogP contribution in [0.2, 0.25) is 0 Å². The van der Waals surface area contributed by atoms with Gasteiger partial charge >= 0.3 is 0 Å². The summed E-state index contributed by atoms with van der Waals surface area (Å²) in [7, 11) is 0. The highest BCUT2D eigenvalue weighted by Crippen LogP contribution is 2.41. The van der Waals surface area contributed by atoms with Gasteiger partial charge in [0.15, 0.2) is 5.82 Å². The first-order valence-corrected chi connectivity index (χ1v) is 7.72. The topological polar surface area (TPSA) is 55.6 Å². The molecule has 1 aromatic carbocycles. The van der Waals surface area contributed by atoms with Gasteiger partial charge in [-0.2, -0.15) is 4.80 Å². The molecule has 1 fully saturated rings. The Bertz CT molecular complexity index is 655. The number of halogens is 1. The van der Waals surface area contributed by atoms with E-state index >= 15 is 0 Å². The quantitative estimate of drug-likeness (QED) is 0.923. The van der Waals surface area contributed by atoms with Gasteiger partial charge in [0.2, 0.25) is 0 Å². The van der Waals surface area contributed by atoms with Crippen LogP contribution in [0.4, 0.5) is 4.39 Å². The number of nitrogens with zero attached hydrogens (tertiary/aromatic N) is 4. The third kappa shape index (κ3) is 3.32. The van der Waals surface area contributed by atoms with Crippen LogP contribution in [0.1, 0.15) is 56.5 Å². The molecule has 0 radical (unpaired) electrons. The molecule has 1 aromatic heterocycles. The molecule has 22 heavy (non-hydrogen) atoms. The van der Waals surface area contributed by atoms with Crippen molar-refractivity contribution in [2.75, 3.05) is 0 Å². The lowest BCUT2D eigenvalue weighted by atomic mass is 10.1. The number of hydrogen-bond donors (Lipinski definition) is 1. The fraction of sp³-hybridized carbons (Fsp3) is 0.562. The lowest BCUT2D eigenvalue weighted by molar-refractivity contribution is 0.305. The molecule has 2 aromatic rings. The van der Waals surface area contributed by atoms with Crippen molar-refractivity contribution in [2.45, 2.75) is 58.2 Å². The SMILES string of the molecule is CC(C)(C)n1nnc(CNCc2cccc(C3CC3)c2F)n1. The lowest BCUT2D eigenvalue weighted by Crippen LogP contribution is -2.25. The summed E-state index contributed by atoms with van der Waals surface area (Å²) in [4.78, 5) is 1.60. The van der Waals surface area contributed by atoms with Crippen LogP contribution in [0.3, 0.4) is 0 Å². The van der Waals surface area contributed by atoms with Crippen LogP contribution in [0.5, 0.6) is 0 Å². The summed E-state index contributed by atoms with van der Waals surface area (Å²) in [6, 6.07) is 5.66.